The number of nitrogens with two attached hydrogens (primary N) is 2. The van der Waals surface area contributed by atoms with Crippen LogP contribution in [0.4, 0.5) is 9.59 Å². The van der Waals surface area contributed by atoms with Crippen molar-refractivity contribution in [3.05, 3.63) is 0 Å². The second kappa shape index (κ2) is 36.5. The Morgan fingerprint density at radius 3 is 0.933 bits per heavy atom. The second-order valence-corrected chi connectivity index (χ2v) is 2.97. The molecule has 2 amide bonds. The Morgan fingerprint density at radius 1 is 0.933 bits per heavy atom. The van der Waals surface area contributed by atoms with E-state index in [1.807, 2.05) is 0 Å². The van der Waals surface area contributed by atoms with E-state index in [1.165, 1.54) is 12.8 Å². The molecule has 0 aromatic rings. The maximum atomic E-state index is 9.09. The number of primary amides is 2. The number of amides is 2. The van der Waals surface area contributed by atoms with Crippen LogP contribution in [0.1, 0.15) is 42.0 Å². The Morgan fingerprint density at radius 2 is 0.933 bits per heavy atom. The first kappa shape index (κ1) is 29.6. The third-order valence-corrected chi connectivity index (χ3v) is 0. The van der Waals surface area contributed by atoms with Crippen LogP contribution in [0, 0.1) is 0 Å². The van der Waals surface area contributed by atoms with Gasteiger partial charge in [-0.25, -0.2) is 0 Å². The quantitative estimate of drug-likeness (QED) is 0.366. The number of rotatable bonds is 0. The maximum Gasteiger partial charge on any atom is 1.00 e. The zero-order valence-corrected chi connectivity index (χ0v) is 14.1. The Hall–Kier alpha value is 0.640. The van der Waals surface area contributed by atoms with Gasteiger partial charge in [-0.05, 0) is 0 Å². The molecule has 4 N–H and O–H groups in total. The molecule has 0 radical (unpaired) electrons. The fraction of sp³-hybridized carbons (Fsp3) is 0.750. The van der Waals surface area contributed by atoms with E-state index in [4.69, 9.17) is 9.59 Å². The van der Waals surface area contributed by atoms with Crippen molar-refractivity contribution in [1.82, 2.24) is 0 Å². The summed E-state index contributed by atoms with van der Waals surface area (Å²) in [4.78, 5) is 18.2. The van der Waals surface area contributed by atoms with Crippen LogP contribution < -0.4 is 41.0 Å². The molecule has 0 aliphatic rings. The summed E-state index contributed by atoms with van der Waals surface area (Å²) in [5.74, 6) is 0. The summed E-state index contributed by atoms with van der Waals surface area (Å²) in [5.41, 5.74) is 8.67. The van der Waals surface area contributed by atoms with Crippen molar-refractivity contribution < 1.29 is 40.6 Å². The van der Waals surface area contributed by atoms with E-state index in [2.05, 4.69) is 64.4 Å². The first-order valence-electron chi connectivity index (χ1n) is 4.26. The predicted octanol–water partition coefficient (Wildman–Crippen LogP) is -0.0611. The zero-order valence-electron chi connectivity index (χ0n) is 11.3. The number of hydrogen-bond acceptors (Lipinski definition) is 2. The van der Waals surface area contributed by atoms with Gasteiger partial charge < -0.3 is 12.9 Å². The molecule has 0 unspecified atom stereocenters. The molecule has 0 saturated heterocycles. The van der Waals surface area contributed by atoms with E-state index in [9.17, 15) is 0 Å². The summed E-state index contributed by atoms with van der Waals surface area (Å²) in [6.07, 6.45) is 2.50. The molecule has 0 saturated carbocycles. The fourth-order valence-electron chi connectivity index (χ4n) is 0. The van der Waals surface area contributed by atoms with Gasteiger partial charge in [-0.15, -0.1) is 0 Å². The summed E-state index contributed by atoms with van der Waals surface area (Å²) in [7, 11) is 0. The molecule has 0 bridgehead atoms. The SMILES string of the molecule is CCC.CCC.NC(=O)S.NC(=O)S.[H-].[Na+]. The summed E-state index contributed by atoms with van der Waals surface area (Å²) in [6, 6.07) is 0. The fourth-order valence-corrected chi connectivity index (χ4v) is 0. The van der Waals surface area contributed by atoms with Crippen LogP contribution in [0.3, 0.4) is 0 Å². The molecule has 4 nitrogen and oxygen atoms in total. The molecule has 0 spiro atoms. The van der Waals surface area contributed by atoms with Gasteiger partial charge in [0.25, 0.3) is 10.5 Å². The molecule has 90 valence electrons. The monoisotopic (exact) mass is 266 g/mol. The molecule has 0 aromatic carbocycles. The second-order valence-electron chi connectivity index (χ2n) is 2.09. The summed E-state index contributed by atoms with van der Waals surface area (Å²) < 4.78 is 0. The molecular formula is C8H23N2NaO2S2. The zero-order chi connectivity index (χ0) is 12.6. The van der Waals surface area contributed by atoms with Gasteiger partial charge in [0.1, 0.15) is 0 Å². The van der Waals surface area contributed by atoms with E-state index in [1.54, 1.807) is 0 Å². The normalized spacial score (nSPS) is 5.73. The average molecular weight is 266 g/mol. The number of hydrogen-bond donors (Lipinski definition) is 4. The largest absolute Gasteiger partial charge is 1.00 e. The van der Waals surface area contributed by atoms with Crippen LogP contribution in [0.2, 0.25) is 0 Å². The van der Waals surface area contributed by atoms with Crippen molar-refractivity contribution in [2.45, 2.75) is 40.5 Å². The molecule has 0 aromatic heterocycles. The van der Waals surface area contributed by atoms with Gasteiger partial charge in [-0.1, -0.05) is 65.8 Å². The van der Waals surface area contributed by atoms with Crippen LogP contribution in [0.5, 0.6) is 0 Å². The summed E-state index contributed by atoms with van der Waals surface area (Å²) >= 11 is 6.21. The van der Waals surface area contributed by atoms with E-state index in [-0.39, 0.29) is 31.0 Å². The van der Waals surface area contributed by atoms with Crippen LogP contribution in [-0.2, 0) is 0 Å². The third kappa shape index (κ3) is 5710. The van der Waals surface area contributed by atoms with Crippen LogP contribution in [0.25, 0.3) is 0 Å². The van der Waals surface area contributed by atoms with Gasteiger partial charge in [0.2, 0.25) is 0 Å². The van der Waals surface area contributed by atoms with Crippen molar-refractivity contribution in [2.24, 2.45) is 11.5 Å². The number of carbonyl (C=O) groups excluding carboxylic acids is 2. The summed E-state index contributed by atoms with van der Waals surface area (Å²) in [6.45, 7) is 8.50. The van der Waals surface area contributed by atoms with Crippen molar-refractivity contribution >= 4 is 35.7 Å². The molecule has 0 atom stereocenters. The van der Waals surface area contributed by atoms with Crippen molar-refractivity contribution in [3.8, 4) is 0 Å². The van der Waals surface area contributed by atoms with Crippen molar-refractivity contribution in [2.75, 3.05) is 0 Å². The Balaban J connectivity index is -0.0000000202. The molecule has 0 aliphatic heterocycles. The first-order chi connectivity index (χ1) is 6.29. The Bertz CT molecular complexity index is 111. The average Bonchev–Trinajstić information content (AvgIpc) is 1.85. The van der Waals surface area contributed by atoms with E-state index in [0.29, 0.717) is 0 Å². The molecule has 15 heavy (non-hydrogen) atoms. The van der Waals surface area contributed by atoms with Crippen LogP contribution in [-0.4, -0.2) is 10.5 Å². The third-order valence-electron chi connectivity index (χ3n) is 0. The molecule has 0 heterocycles. The Labute approximate surface area is 128 Å². The van der Waals surface area contributed by atoms with Gasteiger partial charge in [-0.2, -0.15) is 0 Å². The topological polar surface area (TPSA) is 86.2 Å². The minimum atomic E-state index is -0.639. The number of carbonyl (C=O) groups is 2. The summed E-state index contributed by atoms with van der Waals surface area (Å²) in [5, 5.41) is -1.28. The minimum Gasteiger partial charge on any atom is -1.00 e. The van der Waals surface area contributed by atoms with Gasteiger partial charge >= 0.3 is 29.6 Å². The first-order valence-corrected chi connectivity index (χ1v) is 5.16. The van der Waals surface area contributed by atoms with Crippen molar-refractivity contribution in [3.63, 3.8) is 0 Å². The van der Waals surface area contributed by atoms with E-state index in [0.717, 1.165) is 0 Å². The van der Waals surface area contributed by atoms with E-state index >= 15 is 0 Å². The van der Waals surface area contributed by atoms with Crippen molar-refractivity contribution in [1.29, 1.82) is 0 Å². The standard InChI is InChI=1S/2C3H8.2CH3NOS.Na.H/c2*1-3-2;2*2-1(3)4;;/h2*3H2,1-2H3;2*(H3,2,3,4);;/q;;;;+1;-1. The van der Waals surface area contributed by atoms with Crippen LogP contribution >= 0.6 is 25.3 Å². The van der Waals surface area contributed by atoms with Gasteiger partial charge in [-0.3, -0.25) is 9.59 Å². The Kier molecular flexibility index (Phi) is 72.0. The van der Waals surface area contributed by atoms with Crippen LogP contribution in [0.15, 0.2) is 0 Å². The number of thiol groups is 2. The van der Waals surface area contributed by atoms with E-state index < -0.39 is 10.5 Å². The van der Waals surface area contributed by atoms with Gasteiger partial charge in [0.05, 0.1) is 0 Å². The minimum absolute atomic E-state index is 0. The molecule has 0 rings (SSSR count). The molecule has 7 heteroatoms. The predicted molar refractivity (Wildman–Crippen MR) is 70.2 cm³/mol. The smallest absolute Gasteiger partial charge is 1.00 e. The van der Waals surface area contributed by atoms with Gasteiger partial charge in [0.15, 0.2) is 0 Å². The maximum absolute atomic E-state index is 9.09. The van der Waals surface area contributed by atoms with Gasteiger partial charge in [0, 0.05) is 0 Å². The molecule has 0 fully saturated rings. The molecular weight excluding hydrogens is 243 g/mol. The molecule has 0 aliphatic carbocycles.